The van der Waals surface area contributed by atoms with E-state index in [4.69, 9.17) is 23.2 Å². The van der Waals surface area contributed by atoms with E-state index in [9.17, 15) is 18.8 Å². The third kappa shape index (κ3) is 4.41. The molecule has 0 atom stereocenters. The summed E-state index contributed by atoms with van der Waals surface area (Å²) in [6, 6.07) is 9.33. The molecule has 174 valence electrons. The number of benzene rings is 2. The molecule has 0 aliphatic carbocycles. The maximum atomic E-state index is 14.5. The van der Waals surface area contributed by atoms with Crippen LogP contribution in [0.25, 0.3) is 21.8 Å². The Bertz CT molecular complexity index is 1670. The molecule has 1 amide bonds. The van der Waals surface area contributed by atoms with Gasteiger partial charge in [-0.3, -0.25) is 14.5 Å². The number of rotatable bonds is 5. The summed E-state index contributed by atoms with van der Waals surface area (Å²) >= 11 is 12.1. The minimum absolute atomic E-state index is 0.0136. The standard InChI is InChI=1S/C24H14Cl2F2N6O/c25-15-3-13-1-12(2-20(28)23(13)31-8-15)10-34-11-17(22(6-29)33-34)24(35)32-7-14-4-16-18(26)9-30-21(16)5-19(14)27/h1-5,8-9,11,30H,7,10H2,(H,32,35). The lowest BCUT2D eigenvalue weighted by atomic mass is 10.1. The Hall–Kier alpha value is -4.00. The molecule has 5 rings (SSSR count). The Morgan fingerprint density at radius 2 is 2.00 bits per heavy atom. The molecule has 0 aliphatic heterocycles. The van der Waals surface area contributed by atoms with Crippen LogP contribution in [0.2, 0.25) is 10.0 Å². The van der Waals surface area contributed by atoms with E-state index in [2.05, 4.69) is 20.4 Å². The highest BCUT2D eigenvalue weighted by Gasteiger charge is 2.18. The van der Waals surface area contributed by atoms with E-state index in [0.29, 0.717) is 31.9 Å². The molecule has 3 aromatic heterocycles. The molecule has 0 bridgehead atoms. The molecular weight excluding hydrogens is 497 g/mol. The number of hydrogen-bond donors (Lipinski definition) is 2. The van der Waals surface area contributed by atoms with Crippen molar-refractivity contribution in [2.45, 2.75) is 13.1 Å². The lowest BCUT2D eigenvalue weighted by Gasteiger charge is -2.07. The van der Waals surface area contributed by atoms with Crippen molar-refractivity contribution in [3.8, 4) is 6.07 Å². The van der Waals surface area contributed by atoms with Gasteiger partial charge in [0.05, 0.1) is 22.2 Å². The van der Waals surface area contributed by atoms with Crippen molar-refractivity contribution < 1.29 is 13.6 Å². The number of nitrogens with one attached hydrogen (secondary N) is 2. The van der Waals surface area contributed by atoms with Crippen molar-refractivity contribution in [2.75, 3.05) is 0 Å². The number of amides is 1. The zero-order valence-corrected chi connectivity index (χ0v) is 19.3. The maximum Gasteiger partial charge on any atom is 0.256 e. The molecule has 0 unspecified atom stereocenters. The molecule has 3 heterocycles. The third-order valence-electron chi connectivity index (χ3n) is 5.46. The van der Waals surface area contributed by atoms with Gasteiger partial charge in [-0.05, 0) is 35.9 Å². The summed E-state index contributed by atoms with van der Waals surface area (Å²) in [6.45, 7) is -0.0274. The highest BCUT2D eigenvalue weighted by molar-refractivity contribution is 6.35. The molecule has 0 fully saturated rings. The fraction of sp³-hybridized carbons (Fsp3) is 0.0833. The van der Waals surface area contributed by atoms with Gasteiger partial charge in [0.25, 0.3) is 5.91 Å². The van der Waals surface area contributed by atoms with Gasteiger partial charge in [-0.15, -0.1) is 0 Å². The second-order valence-corrected chi connectivity index (χ2v) is 8.66. The average molecular weight is 511 g/mol. The fourth-order valence-electron chi connectivity index (χ4n) is 3.83. The first kappa shape index (κ1) is 22.8. The molecule has 35 heavy (non-hydrogen) atoms. The van der Waals surface area contributed by atoms with Crippen LogP contribution in [-0.4, -0.2) is 25.7 Å². The Morgan fingerprint density at radius 3 is 2.80 bits per heavy atom. The molecular formula is C24H14Cl2F2N6O. The third-order valence-corrected chi connectivity index (χ3v) is 5.98. The van der Waals surface area contributed by atoms with Crippen molar-refractivity contribution in [3.63, 3.8) is 0 Å². The predicted molar refractivity (Wildman–Crippen MR) is 127 cm³/mol. The fourth-order valence-corrected chi connectivity index (χ4v) is 4.20. The van der Waals surface area contributed by atoms with E-state index in [-0.39, 0.29) is 35.4 Å². The molecule has 0 spiro atoms. The molecule has 0 saturated heterocycles. The summed E-state index contributed by atoms with van der Waals surface area (Å²) in [5.41, 5.74) is 1.40. The molecule has 2 N–H and O–H groups in total. The summed E-state index contributed by atoms with van der Waals surface area (Å²) in [4.78, 5) is 19.6. The predicted octanol–water partition coefficient (Wildman–Crippen LogP) is 5.35. The van der Waals surface area contributed by atoms with Crippen LogP contribution in [0.5, 0.6) is 0 Å². The van der Waals surface area contributed by atoms with E-state index < -0.39 is 17.5 Å². The molecule has 7 nitrogen and oxygen atoms in total. The van der Waals surface area contributed by atoms with E-state index >= 15 is 0 Å². The van der Waals surface area contributed by atoms with Crippen LogP contribution in [-0.2, 0) is 13.1 Å². The zero-order chi connectivity index (χ0) is 24.7. The van der Waals surface area contributed by atoms with Gasteiger partial charge in [0.2, 0.25) is 0 Å². The van der Waals surface area contributed by atoms with Crippen LogP contribution in [0.15, 0.2) is 48.9 Å². The van der Waals surface area contributed by atoms with Gasteiger partial charge < -0.3 is 10.3 Å². The van der Waals surface area contributed by atoms with Crippen molar-refractivity contribution in [2.24, 2.45) is 0 Å². The first-order valence-corrected chi connectivity index (χ1v) is 11.0. The number of carbonyl (C=O) groups excluding carboxylic acids is 1. The highest BCUT2D eigenvalue weighted by atomic mass is 35.5. The van der Waals surface area contributed by atoms with E-state index in [1.807, 2.05) is 6.07 Å². The first-order chi connectivity index (χ1) is 16.8. The number of H-pyrrole nitrogens is 1. The topological polar surface area (TPSA) is 99.4 Å². The van der Waals surface area contributed by atoms with E-state index in [1.54, 1.807) is 24.4 Å². The summed E-state index contributed by atoms with van der Waals surface area (Å²) in [7, 11) is 0. The Morgan fingerprint density at radius 1 is 1.17 bits per heavy atom. The summed E-state index contributed by atoms with van der Waals surface area (Å²) < 4.78 is 30.2. The van der Waals surface area contributed by atoms with Crippen LogP contribution in [0.1, 0.15) is 27.2 Å². The Labute approximate surface area is 206 Å². The maximum absolute atomic E-state index is 14.5. The van der Waals surface area contributed by atoms with Gasteiger partial charge >= 0.3 is 0 Å². The van der Waals surface area contributed by atoms with Crippen LogP contribution in [0.4, 0.5) is 8.78 Å². The smallest absolute Gasteiger partial charge is 0.256 e. The van der Waals surface area contributed by atoms with Gasteiger partial charge in [0.1, 0.15) is 23.2 Å². The summed E-state index contributed by atoms with van der Waals surface area (Å²) in [5, 5.41) is 18.1. The number of hydrogen-bond acceptors (Lipinski definition) is 4. The Kier molecular flexibility index (Phi) is 5.84. The van der Waals surface area contributed by atoms with Crippen LogP contribution < -0.4 is 5.32 Å². The van der Waals surface area contributed by atoms with Gasteiger partial charge in [-0.25, -0.2) is 8.78 Å². The highest BCUT2D eigenvalue weighted by Crippen LogP contribution is 2.26. The number of aromatic amines is 1. The van der Waals surface area contributed by atoms with Crippen molar-refractivity contribution in [1.82, 2.24) is 25.1 Å². The second kappa shape index (κ2) is 8.98. The molecule has 2 aromatic carbocycles. The lowest BCUT2D eigenvalue weighted by Crippen LogP contribution is -2.23. The van der Waals surface area contributed by atoms with Gasteiger partial charge in [0.15, 0.2) is 5.69 Å². The number of pyridine rings is 1. The SMILES string of the molecule is N#Cc1nn(Cc2cc(F)c3ncc(Cl)cc3c2)cc1C(=O)NCc1cc2c(Cl)c[nH]c2cc1F. The minimum atomic E-state index is -0.604. The normalized spacial score (nSPS) is 11.2. The van der Waals surface area contributed by atoms with Crippen LogP contribution >= 0.6 is 23.2 Å². The largest absolute Gasteiger partial charge is 0.360 e. The molecule has 0 radical (unpaired) electrons. The molecule has 0 saturated carbocycles. The second-order valence-electron chi connectivity index (χ2n) is 7.81. The number of nitrogens with zero attached hydrogens (tertiary/aromatic N) is 4. The summed E-state index contributed by atoms with van der Waals surface area (Å²) in [5.74, 6) is -1.64. The van der Waals surface area contributed by atoms with Gasteiger partial charge in [-0.1, -0.05) is 23.2 Å². The lowest BCUT2D eigenvalue weighted by molar-refractivity contribution is 0.0950. The van der Waals surface area contributed by atoms with Crippen molar-refractivity contribution in [3.05, 3.63) is 93.0 Å². The number of fused-ring (bicyclic) bond motifs is 2. The van der Waals surface area contributed by atoms with E-state index in [1.165, 1.54) is 29.2 Å². The van der Waals surface area contributed by atoms with E-state index in [0.717, 1.165) is 0 Å². The van der Waals surface area contributed by atoms with Gasteiger partial charge in [0, 0.05) is 47.0 Å². The minimum Gasteiger partial charge on any atom is -0.360 e. The molecule has 5 aromatic rings. The Balaban J connectivity index is 1.37. The summed E-state index contributed by atoms with van der Waals surface area (Å²) in [6.07, 6.45) is 4.30. The van der Waals surface area contributed by atoms with Crippen molar-refractivity contribution in [1.29, 1.82) is 5.26 Å². The van der Waals surface area contributed by atoms with Crippen molar-refractivity contribution >= 4 is 50.9 Å². The molecule has 11 heteroatoms. The monoisotopic (exact) mass is 510 g/mol. The number of aromatic nitrogens is 4. The number of nitriles is 1. The molecule has 0 aliphatic rings. The zero-order valence-electron chi connectivity index (χ0n) is 17.7. The average Bonchev–Trinajstić information content (AvgIpc) is 3.39. The first-order valence-electron chi connectivity index (χ1n) is 10.3. The van der Waals surface area contributed by atoms with Gasteiger partial charge in [-0.2, -0.15) is 10.4 Å². The quantitative estimate of drug-likeness (QED) is 0.333. The number of halogens is 4. The van der Waals surface area contributed by atoms with Crippen LogP contribution in [0.3, 0.4) is 0 Å². The van der Waals surface area contributed by atoms with Crippen LogP contribution in [0, 0.1) is 23.0 Å². The number of carbonyl (C=O) groups is 1.